The first-order valence-corrected chi connectivity index (χ1v) is 8.75. The molecule has 0 bridgehead atoms. The van der Waals surface area contributed by atoms with Gasteiger partial charge in [-0.2, -0.15) is 0 Å². The van der Waals surface area contributed by atoms with Crippen LogP contribution in [0.25, 0.3) is 0 Å². The van der Waals surface area contributed by atoms with Gasteiger partial charge in [0.2, 0.25) is 11.8 Å². The molecule has 1 aliphatic heterocycles. The van der Waals surface area contributed by atoms with Gasteiger partial charge in [-0.1, -0.05) is 53.6 Å². The average Bonchev–Trinajstić information content (AvgIpc) is 2.97. The predicted octanol–water partition coefficient (Wildman–Crippen LogP) is 3.88. The van der Waals surface area contributed by atoms with Gasteiger partial charge in [0.15, 0.2) is 0 Å². The zero-order valence-corrected chi connectivity index (χ0v) is 15.1. The number of nitrogens with one attached hydrogen (secondary N) is 1. The van der Waals surface area contributed by atoms with E-state index in [1.54, 1.807) is 17.0 Å². The highest BCUT2D eigenvalue weighted by Gasteiger charge is 2.36. The summed E-state index contributed by atoms with van der Waals surface area (Å²) >= 11 is 6.18. The van der Waals surface area contributed by atoms with E-state index in [1.165, 1.54) is 5.56 Å². The number of nitrogens with zero attached hydrogens (tertiary/aromatic N) is 1. The van der Waals surface area contributed by atoms with E-state index < -0.39 is 0 Å². The molecule has 0 aliphatic carbocycles. The fourth-order valence-electron chi connectivity index (χ4n) is 3.06. The van der Waals surface area contributed by atoms with E-state index in [1.807, 2.05) is 50.2 Å². The third-order valence-corrected chi connectivity index (χ3v) is 4.89. The quantitative estimate of drug-likeness (QED) is 0.903. The van der Waals surface area contributed by atoms with Gasteiger partial charge in [0.05, 0.1) is 22.7 Å². The number of halogens is 1. The third kappa shape index (κ3) is 3.85. The number of para-hydroxylation sites is 1. The van der Waals surface area contributed by atoms with Crippen molar-refractivity contribution in [1.82, 2.24) is 5.32 Å². The van der Waals surface area contributed by atoms with Crippen molar-refractivity contribution < 1.29 is 9.59 Å². The normalized spacial score (nSPS) is 18.3. The number of rotatable bonds is 4. The summed E-state index contributed by atoms with van der Waals surface area (Å²) in [5.41, 5.74) is 2.89. The number of amides is 2. The van der Waals surface area contributed by atoms with Crippen molar-refractivity contribution in [2.24, 2.45) is 5.92 Å². The minimum absolute atomic E-state index is 0.0729. The Kier molecular flexibility index (Phi) is 5.09. The van der Waals surface area contributed by atoms with Gasteiger partial charge in [-0.15, -0.1) is 0 Å². The molecule has 1 N–H and O–H groups in total. The molecule has 1 heterocycles. The van der Waals surface area contributed by atoms with E-state index in [2.05, 4.69) is 5.32 Å². The Morgan fingerprint density at radius 2 is 1.88 bits per heavy atom. The second kappa shape index (κ2) is 7.28. The third-order valence-electron chi connectivity index (χ3n) is 4.58. The van der Waals surface area contributed by atoms with Gasteiger partial charge in [0, 0.05) is 13.0 Å². The van der Waals surface area contributed by atoms with Crippen molar-refractivity contribution in [3.63, 3.8) is 0 Å². The smallest absolute Gasteiger partial charge is 0.227 e. The molecule has 2 unspecified atom stereocenters. The maximum atomic E-state index is 12.6. The summed E-state index contributed by atoms with van der Waals surface area (Å²) in [5, 5.41) is 3.53. The number of carbonyl (C=O) groups excluding carboxylic acids is 2. The summed E-state index contributed by atoms with van der Waals surface area (Å²) in [6.45, 7) is 4.33. The topological polar surface area (TPSA) is 49.4 Å². The number of hydrogen-bond donors (Lipinski definition) is 1. The monoisotopic (exact) mass is 356 g/mol. The van der Waals surface area contributed by atoms with E-state index in [0.717, 1.165) is 5.56 Å². The van der Waals surface area contributed by atoms with E-state index in [4.69, 9.17) is 11.6 Å². The maximum Gasteiger partial charge on any atom is 0.227 e. The summed E-state index contributed by atoms with van der Waals surface area (Å²) in [6.07, 6.45) is 0.206. The average molecular weight is 357 g/mol. The molecule has 0 saturated carbocycles. The van der Waals surface area contributed by atoms with Crippen LogP contribution in [0.3, 0.4) is 0 Å². The van der Waals surface area contributed by atoms with Crippen molar-refractivity contribution in [1.29, 1.82) is 0 Å². The molecule has 2 aromatic rings. The van der Waals surface area contributed by atoms with Crippen LogP contribution in [0.5, 0.6) is 0 Å². The van der Waals surface area contributed by atoms with Crippen LogP contribution in [-0.4, -0.2) is 18.4 Å². The first-order chi connectivity index (χ1) is 12.0. The van der Waals surface area contributed by atoms with Crippen molar-refractivity contribution >= 4 is 29.1 Å². The zero-order chi connectivity index (χ0) is 18.0. The highest BCUT2D eigenvalue weighted by Crippen LogP contribution is 2.31. The maximum absolute atomic E-state index is 12.6. The summed E-state index contributed by atoms with van der Waals surface area (Å²) in [7, 11) is 0. The molecule has 1 fully saturated rings. The molecule has 2 atom stereocenters. The van der Waals surface area contributed by atoms with E-state index in [9.17, 15) is 9.59 Å². The first-order valence-electron chi connectivity index (χ1n) is 8.37. The van der Waals surface area contributed by atoms with Gasteiger partial charge in [0.25, 0.3) is 0 Å². The molecule has 130 valence electrons. The number of benzene rings is 2. The predicted molar refractivity (Wildman–Crippen MR) is 99.6 cm³/mol. The molecule has 2 amide bonds. The largest absolute Gasteiger partial charge is 0.349 e. The Morgan fingerprint density at radius 3 is 2.56 bits per heavy atom. The van der Waals surface area contributed by atoms with Gasteiger partial charge in [-0.25, -0.2) is 0 Å². The molecular weight excluding hydrogens is 336 g/mol. The first kappa shape index (κ1) is 17.5. The van der Waals surface area contributed by atoms with Crippen LogP contribution >= 0.6 is 11.6 Å². The highest BCUT2D eigenvalue weighted by atomic mass is 35.5. The Balaban J connectivity index is 1.66. The Morgan fingerprint density at radius 1 is 1.20 bits per heavy atom. The van der Waals surface area contributed by atoms with Crippen molar-refractivity contribution in [3.05, 3.63) is 64.7 Å². The lowest BCUT2D eigenvalue weighted by atomic mass is 10.0. The van der Waals surface area contributed by atoms with Crippen molar-refractivity contribution in [3.8, 4) is 0 Å². The second-order valence-corrected chi connectivity index (χ2v) is 6.90. The number of carbonyl (C=O) groups is 2. The zero-order valence-electron chi connectivity index (χ0n) is 14.3. The molecule has 1 saturated heterocycles. The standard InChI is InChI=1S/C20H21ClN2O2/c1-13-7-9-15(10-8-13)14(2)22-20(25)16-11-19(24)23(12-16)18-6-4-3-5-17(18)21/h3-10,14,16H,11-12H2,1-2H3,(H,22,25). The lowest BCUT2D eigenvalue weighted by Crippen LogP contribution is -2.34. The molecule has 3 rings (SSSR count). The molecular formula is C20H21ClN2O2. The molecule has 5 heteroatoms. The van der Waals surface area contributed by atoms with Gasteiger partial charge in [0.1, 0.15) is 0 Å². The molecule has 4 nitrogen and oxygen atoms in total. The Bertz CT molecular complexity index is 789. The van der Waals surface area contributed by atoms with Crippen LogP contribution in [0, 0.1) is 12.8 Å². The Hall–Kier alpha value is -2.33. The molecule has 0 aromatic heterocycles. The van der Waals surface area contributed by atoms with E-state index >= 15 is 0 Å². The van der Waals surface area contributed by atoms with Crippen LogP contribution in [-0.2, 0) is 9.59 Å². The van der Waals surface area contributed by atoms with Crippen LogP contribution in [0.4, 0.5) is 5.69 Å². The summed E-state index contributed by atoms with van der Waals surface area (Å²) in [5.74, 6) is -0.538. The van der Waals surface area contributed by atoms with Crippen LogP contribution < -0.4 is 10.2 Å². The van der Waals surface area contributed by atoms with Gasteiger partial charge in [-0.3, -0.25) is 9.59 Å². The summed E-state index contributed by atoms with van der Waals surface area (Å²) in [4.78, 5) is 26.5. The molecule has 1 aliphatic rings. The molecule has 2 aromatic carbocycles. The van der Waals surface area contributed by atoms with Gasteiger partial charge < -0.3 is 10.2 Å². The fourth-order valence-corrected chi connectivity index (χ4v) is 3.29. The second-order valence-electron chi connectivity index (χ2n) is 6.50. The molecule has 0 radical (unpaired) electrons. The van der Waals surface area contributed by atoms with Crippen LogP contribution in [0.2, 0.25) is 5.02 Å². The van der Waals surface area contributed by atoms with Crippen molar-refractivity contribution in [2.75, 3.05) is 11.4 Å². The number of hydrogen-bond acceptors (Lipinski definition) is 2. The van der Waals surface area contributed by atoms with Crippen LogP contribution in [0.15, 0.2) is 48.5 Å². The Labute approximate surface area is 152 Å². The number of anilines is 1. The molecule has 0 spiro atoms. The van der Waals surface area contributed by atoms with E-state index in [-0.39, 0.29) is 30.2 Å². The van der Waals surface area contributed by atoms with Crippen LogP contribution in [0.1, 0.15) is 30.5 Å². The summed E-state index contributed by atoms with van der Waals surface area (Å²) < 4.78 is 0. The SMILES string of the molecule is Cc1ccc(C(C)NC(=O)C2CC(=O)N(c3ccccc3Cl)C2)cc1. The van der Waals surface area contributed by atoms with Gasteiger partial charge in [-0.05, 0) is 31.5 Å². The number of aryl methyl sites for hydroxylation is 1. The molecule has 25 heavy (non-hydrogen) atoms. The summed E-state index contributed by atoms with van der Waals surface area (Å²) in [6, 6.07) is 15.2. The lowest BCUT2D eigenvalue weighted by molar-refractivity contribution is -0.126. The highest BCUT2D eigenvalue weighted by molar-refractivity contribution is 6.33. The van der Waals surface area contributed by atoms with E-state index in [0.29, 0.717) is 17.3 Å². The van der Waals surface area contributed by atoms with Gasteiger partial charge >= 0.3 is 0 Å². The minimum Gasteiger partial charge on any atom is -0.349 e. The lowest BCUT2D eigenvalue weighted by Gasteiger charge is -2.19. The van der Waals surface area contributed by atoms with Crippen molar-refractivity contribution in [2.45, 2.75) is 26.3 Å². The fraction of sp³-hybridized carbons (Fsp3) is 0.300. The minimum atomic E-state index is -0.364.